The predicted octanol–water partition coefficient (Wildman–Crippen LogP) is 3.71. The van der Waals surface area contributed by atoms with Crippen LogP contribution in [0.4, 0.5) is 23.8 Å². The molecular formula is C24H21F3N6O2. The molecule has 4 rings (SSSR count). The number of nitrogen functional groups attached to an aromatic ring is 1. The highest BCUT2D eigenvalue weighted by Crippen LogP contribution is 2.31. The van der Waals surface area contributed by atoms with Crippen molar-refractivity contribution in [3.05, 3.63) is 42.0 Å². The van der Waals surface area contributed by atoms with Gasteiger partial charge < -0.3 is 19.9 Å². The highest BCUT2D eigenvalue weighted by atomic mass is 19.4. The molecule has 3 heterocycles. The zero-order valence-electron chi connectivity index (χ0n) is 18.5. The average Bonchev–Trinajstić information content (AvgIpc) is 3.23. The van der Waals surface area contributed by atoms with E-state index in [1.807, 2.05) is 0 Å². The van der Waals surface area contributed by atoms with Gasteiger partial charge in [0.15, 0.2) is 11.5 Å². The number of rotatable bonds is 3. The SMILES string of the molecule is C#CCn1cnc2c(N)nc(C#CCC3CCN(C(=O)Oc4cccc(C(F)(F)F)c4)CC3)nc21. The highest BCUT2D eigenvalue weighted by Gasteiger charge is 2.31. The van der Waals surface area contributed by atoms with Crippen molar-refractivity contribution in [2.75, 3.05) is 18.8 Å². The van der Waals surface area contributed by atoms with Crippen molar-refractivity contribution >= 4 is 23.1 Å². The molecule has 2 N–H and O–H groups in total. The maximum atomic E-state index is 12.8. The number of carbonyl (C=O) groups excluding carboxylic acids is 1. The van der Waals surface area contributed by atoms with E-state index in [0.29, 0.717) is 50.1 Å². The zero-order valence-corrected chi connectivity index (χ0v) is 18.5. The topological polar surface area (TPSA) is 99.2 Å². The molecule has 0 bridgehead atoms. The van der Waals surface area contributed by atoms with E-state index < -0.39 is 17.8 Å². The highest BCUT2D eigenvalue weighted by molar-refractivity contribution is 5.82. The molecule has 1 amide bonds. The Labute approximate surface area is 199 Å². The number of hydrogen-bond acceptors (Lipinski definition) is 6. The molecule has 2 aromatic heterocycles. The number of alkyl halides is 3. The summed E-state index contributed by atoms with van der Waals surface area (Å²) >= 11 is 0. The van der Waals surface area contributed by atoms with Gasteiger partial charge in [0.2, 0.25) is 5.82 Å². The van der Waals surface area contributed by atoms with Crippen molar-refractivity contribution in [1.29, 1.82) is 0 Å². The lowest BCUT2D eigenvalue weighted by Gasteiger charge is -2.30. The van der Waals surface area contributed by atoms with Gasteiger partial charge in [0, 0.05) is 19.5 Å². The number of fused-ring (bicyclic) bond motifs is 1. The second-order valence-corrected chi connectivity index (χ2v) is 8.01. The third kappa shape index (κ3) is 5.64. The van der Waals surface area contributed by atoms with Crippen molar-refractivity contribution in [2.24, 2.45) is 5.92 Å². The van der Waals surface area contributed by atoms with Crippen molar-refractivity contribution in [3.8, 4) is 29.9 Å². The van der Waals surface area contributed by atoms with E-state index in [9.17, 15) is 18.0 Å². The molecule has 0 spiro atoms. The predicted molar refractivity (Wildman–Crippen MR) is 122 cm³/mol. The van der Waals surface area contributed by atoms with Gasteiger partial charge in [-0.25, -0.2) is 19.7 Å². The van der Waals surface area contributed by atoms with Crippen molar-refractivity contribution < 1.29 is 22.7 Å². The first-order valence-electron chi connectivity index (χ1n) is 10.8. The molecule has 1 saturated heterocycles. The van der Waals surface area contributed by atoms with E-state index in [0.717, 1.165) is 12.1 Å². The van der Waals surface area contributed by atoms with Crippen molar-refractivity contribution in [2.45, 2.75) is 32.0 Å². The monoisotopic (exact) mass is 482 g/mol. The van der Waals surface area contributed by atoms with Gasteiger partial charge in [-0.05, 0) is 42.9 Å². The number of anilines is 1. The van der Waals surface area contributed by atoms with Gasteiger partial charge in [-0.3, -0.25) is 0 Å². The number of amides is 1. The Morgan fingerprint density at radius 2 is 2.03 bits per heavy atom. The first-order valence-corrected chi connectivity index (χ1v) is 10.8. The van der Waals surface area contributed by atoms with Crippen LogP contribution in [0.5, 0.6) is 5.75 Å². The van der Waals surface area contributed by atoms with Crippen LogP contribution in [-0.2, 0) is 12.7 Å². The maximum absolute atomic E-state index is 12.8. The molecule has 0 atom stereocenters. The minimum absolute atomic E-state index is 0.141. The van der Waals surface area contributed by atoms with Crippen LogP contribution in [0.25, 0.3) is 11.2 Å². The Morgan fingerprint density at radius 3 is 2.74 bits per heavy atom. The molecule has 35 heavy (non-hydrogen) atoms. The van der Waals surface area contributed by atoms with Crippen LogP contribution in [0.1, 0.15) is 30.7 Å². The zero-order chi connectivity index (χ0) is 25.0. The number of terminal acetylenes is 1. The van der Waals surface area contributed by atoms with Gasteiger partial charge in [-0.2, -0.15) is 13.2 Å². The van der Waals surface area contributed by atoms with Gasteiger partial charge in [0.05, 0.1) is 18.4 Å². The normalized spacial score (nSPS) is 14.3. The Kier molecular flexibility index (Phi) is 6.78. The first kappa shape index (κ1) is 23.9. The second kappa shape index (κ2) is 9.94. The van der Waals surface area contributed by atoms with Crippen LogP contribution in [-0.4, -0.2) is 43.6 Å². The molecule has 1 aromatic carbocycles. The van der Waals surface area contributed by atoms with E-state index >= 15 is 0 Å². The smallest absolute Gasteiger partial charge is 0.410 e. The third-order valence-corrected chi connectivity index (χ3v) is 5.58. The van der Waals surface area contributed by atoms with E-state index in [2.05, 4.69) is 32.7 Å². The molecule has 3 aromatic rings. The standard InChI is InChI=1S/C24H21F3N6O2/c1-2-11-33-15-29-20-21(28)30-19(31-22(20)33)8-3-5-16-9-12-32(13-10-16)23(34)35-18-7-4-6-17(14-18)24(25,26)27/h1,4,6-7,14-16H,5,9-13H2,(H2,28,30,31). The van der Waals surface area contributed by atoms with E-state index in [1.54, 1.807) is 10.9 Å². The summed E-state index contributed by atoms with van der Waals surface area (Å²) in [7, 11) is 0. The lowest BCUT2D eigenvalue weighted by Crippen LogP contribution is -2.40. The van der Waals surface area contributed by atoms with E-state index in [1.165, 1.54) is 17.0 Å². The summed E-state index contributed by atoms with van der Waals surface area (Å²) in [6.45, 7) is 1.14. The molecule has 180 valence electrons. The fraction of sp³-hybridized carbons (Fsp3) is 0.333. The Bertz CT molecular complexity index is 1340. The quantitative estimate of drug-likeness (QED) is 0.572. The molecule has 0 radical (unpaired) electrons. The summed E-state index contributed by atoms with van der Waals surface area (Å²) in [5.74, 6) is 9.12. The first-order chi connectivity index (χ1) is 16.7. The fourth-order valence-corrected chi connectivity index (χ4v) is 3.73. The number of nitrogens with zero attached hydrogens (tertiary/aromatic N) is 5. The van der Waals surface area contributed by atoms with Gasteiger partial charge in [-0.15, -0.1) is 6.42 Å². The minimum atomic E-state index is -4.51. The Hall–Kier alpha value is -4.25. The van der Waals surface area contributed by atoms with Crippen LogP contribution in [0.3, 0.4) is 0 Å². The number of benzene rings is 1. The van der Waals surface area contributed by atoms with Crippen LogP contribution in [0, 0.1) is 30.1 Å². The molecule has 11 heteroatoms. The van der Waals surface area contributed by atoms with Crippen LogP contribution in [0.15, 0.2) is 30.6 Å². The number of likely N-dealkylation sites (tertiary alicyclic amines) is 1. The molecule has 0 aliphatic carbocycles. The van der Waals surface area contributed by atoms with E-state index in [-0.39, 0.29) is 23.3 Å². The molecular weight excluding hydrogens is 461 g/mol. The van der Waals surface area contributed by atoms with Gasteiger partial charge in [0.25, 0.3) is 0 Å². The van der Waals surface area contributed by atoms with Gasteiger partial charge >= 0.3 is 12.3 Å². The number of ether oxygens (including phenoxy) is 1. The maximum Gasteiger partial charge on any atom is 0.416 e. The average molecular weight is 482 g/mol. The van der Waals surface area contributed by atoms with Crippen molar-refractivity contribution in [3.63, 3.8) is 0 Å². The van der Waals surface area contributed by atoms with Crippen LogP contribution >= 0.6 is 0 Å². The Balaban J connectivity index is 1.32. The molecule has 0 unspecified atom stereocenters. The Morgan fingerprint density at radius 1 is 1.26 bits per heavy atom. The summed E-state index contributed by atoms with van der Waals surface area (Å²) in [5.41, 5.74) is 6.08. The summed E-state index contributed by atoms with van der Waals surface area (Å²) < 4.78 is 45.4. The number of aromatic nitrogens is 4. The molecule has 1 fully saturated rings. The fourth-order valence-electron chi connectivity index (χ4n) is 3.73. The molecule has 8 nitrogen and oxygen atoms in total. The molecule has 0 saturated carbocycles. The number of hydrogen-bond donors (Lipinski definition) is 1. The minimum Gasteiger partial charge on any atom is -0.410 e. The number of halogens is 3. The van der Waals surface area contributed by atoms with Crippen LogP contribution < -0.4 is 10.5 Å². The third-order valence-electron chi connectivity index (χ3n) is 5.58. The van der Waals surface area contributed by atoms with Crippen molar-refractivity contribution in [1.82, 2.24) is 24.4 Å². The molecule has 1 aliphatic heterocycles. The summed E-state index contributed by atoms with van der Waals surface area (Å²) in [6.07, 6.45) is 3.68. The largest absolute Gasteiger partial charge is 0.416 e. The number of imidazole rings is 1. The van der Waals surface area contributed by atoms with Gasteiger partial charge in [-0.1, -0.05) is 17.9 Å². The second-order valence-electron chi connectivity index (χ2n) is 8.01. The number of nitrogens with two attached hydrogens (primary N) is 1. The summed E-state index contributed by atoms with van der Waals surface area (Å²) in [4.78, 5) is 26.6. The number of carbonyl (C=O) groups is 1. The molecule has 1 aliphatic rings. The number of piperidine rings is 1. The summed E-state index contributed by atoms with van der Waals surface area (Å²) in [5, 5.41) is 0. The van der Waals surface area contributed by atoms with Gasteiger partial charge in [0.1, 0.15) is 11.3 Å². The van der Waals surface area contributed by atoms with E-state index in [4.69, 9.17) is 16.9 Å². The van der Waals surface area contributed by atoms with Crippen LogP contribution in [0.2, 0.25) is 0 Å². The summed E-state index contributed by atoms with van der Waals surface area (Å²) in [6, 6.07) is 4.26. The lowest BCUT2D eigenvalue weighted by molar-refractivity contribution is -0.137. The lowest BCUT2D eigenvalue weighted by atomic mass is 9.94.